The van der Waals surface area contributed by atoms with Crippen LogP contribution in [0.15, 0.2) is 18.2 Å². The Morgan fingerprint density at radius 1 is 1.45 bits per heavy atom. The maximum absolute atomic E-state index is 11.5. The summed E-state index contributed by atoms with van der Waals surface area (Å²) in [4.78, 5) is 4.46. The summed E-state index contributed by atoms with van der Waals surface area (Å²) < 4.78 is 30.2. The minimum Gasteiger partial charge on any atom is -0.494 e. The van der Waals surface area contributed by atoms with Crippen molar-refractivity contribution in [3.63, 3.8) is 0 Å². The number of benzene rings is 1. The molecule has 0 saturated heterocycles. The van der Waals surface area contributed by atoms with Crippen LogP contribution in [0.4, 0.5) is 0 Å². The van der Waals surface area contributed by atoms with E-state index in [1.54, 1.807) is 7.11 Å². The molecule has 1 aromatic carbocycles. The Balaban J connectivity index is 2.62. The second-order valence-corrected chi connectivity index (χ2v) is 7.25. The van der Waals surface area contributed by atoms with Gasteiger partial charge in [-0.25, -0.2) is 13.4 Å². The van der Waals surface area contributed by atoms with Gasteiger partial charge in [0, 0.05) is 12.3 Å². The molecular weight excluding hydrogens is 300 g/mol. The third-order valence-corrected chi connectivity index (χ3v) is 4.41. The monoisotopic (exact) mass is 316 g/mol. The van der Waals surface area contributed by atoms with Crippen LogP contribution in [0.5, 0.6) is 5.75 Å². The van der Waals surface area contributed by atoms with Gasteiger partial charge in [0.05, 0.1) is 24.3 Å². The number of aromatic nitrogens is 2. The van der Waals surface area contributed by atoms with Crippen molar-refractivity contribution in [1.29, 1.82) is 0 Å². The molecule has 2 aromatic rings. The van der Waals surface area contributed by atoms with Gasteiger partial charge >= 0.3 is 0 Å². The van der Waals surface area contributed by atoms with E-state index in [2.05, 4.69) is 4.98 Å². The molecule has 1 aromatic heterocycles. The first-order valence-electron chi connectivity index (χ1n) is 6.15. The molecule has 0 spiro atoms. The predicted octanol–water partition coefficient (Wildman–Crippen LogP) is 2.39. The molecule has 0 aliphatic carbocycles. The molecule has 20 heavy (non-hydrogen) atoms. The van der Waals surface area contributed by atoms with Crippen molar-refractivity contribution in [3.8, 4) is 5.75 Å². The molecule has 0 saturated carbocycles. The molecule has 1 atom stereocenters. The van der Waals surface area contributed by atoms with E-state index in [0.717, 1.165) is 5.52 Å². The summed E-state index contributed by atoms with van der Waals surface area (Å²) in [6.07, 6.45) is 1.23. The van der Waals surface area contributed by atoms with Crippen molar-refractivity contribution in [1.82, 2.24) is 9.55 Å². The molecule has 1 unspecified atom stereocenters. The first kappa shape index (κ1) is 15.1. The van der Waals surface area contributed by atoms with E-state index in [0.29, 0.717) is 17.1 Å². The highest BCUT2D eigenvalue weighted by Gasteiger charge is 2.20. The van der Waals surface area contributed by atoms with Crippen molar-refractivity contribution >= 4 is 32.5 Å². The van der Waals surface area contributed by atoms with E-state index in [-0.39, 0.29) is 17.7 Å². The van der Waals surface area contributed by atoms with Crippen LogP contribution in [0, 0.1) is 0 Å². The fraction of sp³-hybridized carbons (Fsp3) is 0.462. The Labute approximate surface area is 123 Å². The number of fused-ring (bicyclic) bond motifs is 1. The highest BCUT2D eigenvalue weighted by molar-refractivity contribution is 7.90. The fourth-order valence-electron chi connectivity index (χ4n) is 2.40. The van der Waals surface area contributed by atoms with Crippen molar-refractivity contribution in [2.45, 2.75) is 18.8 Å². The van der Waals surface area contributed by atoms with Crippen LogP contribution in [0.3, 0.4) is 0 Å². The van der Waals surface area contributed by atoms with Gasteiger partial charge in [-0.1, -0.05) is 6.07 Å². The number of hydrogen-bond acceptors (Lipinski definition) is 4. The average molecular weight is 317 g/mol. The highest BCUT2D eigenvalue weighted by Crippen LogP contribution is 2.29. The van der Waals surface area contributed by atoms with E-state index < -0.39 is 9.84 Å². The zero-order valence-corrected chi connectivity index (χ0v) is 13.2. The van der Waals surface area contributed by atoms with E-state index in [1.807, 2.05) is 29.7 Å². The number of nitrogens with zero attached hydrogens (tertiary/aromatic N) is 2. The second-order valence-electron chi connectivity index (χ2n) is 4.80. The Hall–Kier alpha value is -1.27. The number of methoxy groups -OCH3 is 1. The van der Waals surface area contributed by atoms with Gasteiger partial charge in [0.2, 0.25) is 0 Å². The smallest absolute Gasteiger partial charge is 0.149 e. The van der Waals surface area contributed by atoms with Crippen molar-refractivity contribution < 1.29 is 13.2 Å². The molecule has 0 N–H and O–H groups in total. The fourth-order valence-corrected chi connectivity index (χ4v) is 3.62. The number of imidazole rings is 1. The van der Waals surface area contributed by atoms with Crippen molar-refractivity contribution in [3.05, 3.63) is 24.0 Å². The van der Waals surface area contributed by atoms with Crippen molar-refractivity contribution in [2.24, 2.45) is 0 Å². The van der Waals surface area contributed by atoms with E-state index in [9.17, 15) is 8.42 Å². The maximum Gasteiger partial charge on any atom is 0.149 e. The Kier molecular flexibility index (Phi) is 4.25. The summed E-state index contributed by atoms with van der Waals surface area (Å²) in [7, 11) is -1.50. The average Bonchev–Trinajstić information content (AvgIpc) is 2.74. The molecule has 1 heterocycles. The zero-order chi connectivity index (χ0) is 14.9. The molecule has 0 bridgehead atoms. The molecule has 0 aliphatic heterocycles. The molecule has 0 aliphatic rings. The summed E-state index contributed by atoms with van der Waals surface area (Å²) in [6.45, 7) is 1.84. The van der Waals surface area contributed by atoms with Crippen molar-refractivity contribution in [2.75, 3.05) is 19.1 Å². The Morgan fingerprint density at radius 3 is 2.70 bits per heavy atom. The number of hydrogen-bond donors (Lipinski definition) is 0. The van der Waals surface area contributed by atoms with E-state index in [1.165, 1.54) is 6.26 Å². The number of sulfone groups is 1. The predicted molar refractivity (Wildman–Crippen MR) is 80.3 cm³/mol. The third-order valence-electron chi connectivity index (χ3n) is 3.08. The first-order chi connectivity index (χ1) is 9.37. The van der Waals surface area contributed by atoms with Gasteiger partial charge in [0.15, 0.2) is 0 Å². The molecule has 0 radical (unpaired) electrons. The van der Waals surface area contributed by atoms with Gasteiger partial charge in [0.25, 0.3) is 0 Å². The SMILES string of the molecule is COc1cccc2c1nc(CCl)n2C(C)CS(C)(=O)=O. The molecule has 0 amide bonds. The summed E-state index contributed by atoms with van der Waals surface area (Å²) in [6, 6.07) is 5.32. The third kappa shape index (κ3) is 2.91. The summed E-state index contributed by atoms with van der Waals surface area (Å²) in [5, 5.41) is 0. The lowest BCUT2D eigenvalue weighted by Crippen LogP contribution is -2.18. The Morgan fingerprint density at radius 2 is 2.15 bits per heavy atom. The minimum atomic E-state index is -3.08. The van der Waals surface area contributed by atoms with Crippen LogP contribution < -0.4 is 4.74 Å². The van der Waals surface area contributed by atoms with Crippen LogP contribution >= 0.6 is 11.6 Å². The highest BCUT2D eigenvalue weighted by atomic mass is 35.5. The lowest BCUT2D eigenvalue weighted by atomic mass is 10.2. The number of alkyl halides is 1. The zero-order valence-electron chi connectivity index (χ0n) is 11.6. The Bertz CT molecular complexity index is 725. The maximum atomic E-state index is 11.5. The largest absolute Gasteiger partial charge is 0.494 e. The summed E-state index contributed by atoms with van der Waals surface area (Å²) >= 11 is 5.94. The van der Waals surface area contributed by atoms with Crippen LogP contribution in [-0.2, 0) is 15.7 Å². The van der Waals surface area contributed by atoms with E-state index in [4.69, 9.17) is 16.3 Å². The topological polar surface area (TPSA) is 61.2 Å². The lowest BCUT2D eigenvalue weighted by Gasteiger charge is -2.16. The quantitative estimate of drug-likeness (QED) is 0.795. The molecule has 5 nitrogen and oxygen atoms in total. The summed E-state index contributed by atoms with van der Waals surface area (Å²) in [5.74, 6) is 1.55. The van der Waals surface area contributed by atoms with Crippen LogP contribution in [0.25, 0.3) is 11.0 Å². The molecule has 2 rings (SSSR count). The standard InChI is InChI=1S/C13H17ClN2O3S/c1-9(8-20(3,17)18)16-10-5-4-6-11(19-2)13(10)15-12(16)7-14/h4-6,9H,7-8H2,1-3H3. The van der Waals surface area contributed by atoms with Gasteiger partial charge in [-0.05, 0) is 19.1 Å². The molecule has 7 heteroatoms. The number of halogens is 1. The lowest BCUT2D eigenvalue weighted by molar-refractivity contribution is 0.419. The van der Waals surface area contributed by atoms with Gasteiger partial charge in [-0.2, -0.15) is 0 Å². The molecule has 110 valence electrons. The van der Waals surface area contributed by atoms with E-state index >= 15 is 0 Å². The number of para-hydroxylation sites is 1. The normalized spacial score (nSPS) is 13.6. The van der Waals surface area contributed by atoms with Gasteiger partial charge in [-0.15, -0.1) is 11.6 Å². The van der Waals surface area contributed by atoms with Gasteiger partial charge in [-0.3, -0.25) is 0 Å². The number of ether oxygens (including phenoxy) is 1. The molecule has 0 fully saturated rings. The van der Waals surface area contributed by atoms with Crippen LogP contribution in [-0.4, -0.2) is 37.1 Å². The first-order valence-corrected chi connectivity index (χ1v) is 8.74. The van der Waals surface area contributed by atoms with Crippen LogP contribution in [0.2, 0.25) is 0 Å². The van der Waals surface area contributed by atoms with Gasteiger partial charge < -0.3 is 9.30 Å². The molecular formula is C13H17ClN2O3S. The number of rotatable bonds is 5. The summed E-state index contributed by atoms with van der Waals surface area (Å²) in [5.41, 5.74) is 1.53. The minimum absolute atomic E-state index is 0.0412. The second kappa shape index (κ2) is 5.61. The van der Waals surface area contributed by atoms with Gasteiger partial charge in [0.1, 0.15) is 26.9 Å². The van der Waals surface area contributed by atoms with Crippen LogP contribution in [0.1, 0.15) is 18.8 Å².